The highest BCUT2D eigenvalue weighted by Crippen LogP contribution is 2.35. The number of fused-ring (bicyclic) bond motifs is 1. The molecule has 0 radical (unpaired) electrons. The van der Waals surface area contributed by atoms with Gasteiger partial charge in [0, 0.05) is 10.9 Å². The van der Waals surface area contributed by atoms with Gasteiger partial charge in [0.2, 0.25) is 0 Å². The van der Waals surface area contributed by atoms with Crippen molar-refractivity contribution in [3.63, 3.8) is 0 Å². The quantitative estimate of drug-likeness (QED) is 0.332. The Morgan fingerprint density at radius 2 is 1.64 bits per heavy atom. The molecular formula is C29H30O4. The molecule has 1 N–H and O–H groups in total. The SMILES string of the molecule is Cc1cc2c(C)c(COc3ccc(C(=O)O)cc3-c3ccc(C(C)C)cc3)c(C)c(C)c2o1. The van der Waals surface area contributed by atoms with Gasteiger partial charge in [0.1, 0.15) is 23.7 Å². The van der Waals surface area contributed by atoms with Gasteiger partial charge in [0.15, 0.2) is 0 Å². The van der Waals surface area contributed by atoms with Gasteiger partial charge >= 0.3 is 5.97 Å². The van der Waals surface area contributed by atoms with Crippen molar-refractivity contribution in [3.05, 3.63) is 87.7 Å². The third kappa shape index (κ3) is 4.25. The van der Waals surface area contributed by atoms with Gasteiger partial charge in [-0.2, -0.15) is 0 Å². The highest BCUT2D eigenvalue weighted by Gasteiger charge is 2.17. The third-order valence-corrected chi connectivity index (χ3v) is 6.55. The predicted octanol–water partition coefficient (Wildman–Crippen LogP) is 7.73. The Bertz CT molecular complexity index is 1340. The summed E-state index contributed by atoms with van der Waals surface area (Å²) < 4.78 is 12.3. The maximum absolute atomic E-state index is 11.6. The van der Waals surface area contributed by atoms with Gasteiger partial charge in [-0.15, -0.1) is 0 Å². The number of ether oxygens (including phenoxy) is 1. The molecule has 0 aliphatic rings. The summed E-state index contributed by atoms with van der Waals surface area (Å²) in [6.45, 7) is 12.9. The van der Waals surface area contributed by atoms with Gasteiger partial charge in [0.05, 0.1) is 5.56 Å². The Kier molecular flexibility index (Phi) is 6.03. The van der Waals surface area contributed by atoms with E-state index in [2.05, 4.69) is 52.8 Å². The molecule has 0 unspecified atom stereocenters. The van der Waals surface area contributed by atoms with Crippen molar-refractivity contribution in [1.29, 1.82) is 0 Å². The number of benzene rings is 3. The molecule has 170 valence electrons. The molecule has 1 heterocycles. The van der Waals surface area contributed by atoms with Crippen molar-refractivity contribution in [2.45, 2.75) is 54.1 Å². The van der Waals surface area contributed by atoms with E-state index in [1.807, 2.05) is 19.1 Å². The van der Waals surface area contributed by atoms with Crippen LogP contribution in [0.1, 0.15) is 63.7 Å². The van der Waals surface area contributed by atoms with E-state index in [1.165, 1.54) is 5.56 Å². The van der Waals surface area contributed by atoms with Crippen molar-refractivity contribution in [2.24, 2.45) is 0 Å². The van der Waals surface area contributed by atoms with E-state index in [-0.39, 0.29) is 5.56 Å². The molecular weight excluding hydrogens is 412 g/mol. The van der Waals surface area contributed by atoms with Crippen LogP contribution in [0.15, 0.2) is 52.9 Å². The predicted molar refractivity (Wildman–Crippen MR) is 132 cm³/mol. The minimum absolute atomic E-state index is 0.240. The molecule has 3 aromatic carbocycles. The molecule has 4 aromatic rings. The Hall–Kier alpha value is -3.53. The molecule has 4 rings (SSSR count). The van der Waals surface area contributed by atoms with E-state index in [1.54, 1.807) is 18.2 Å². The van der Waals surface area contributed by atoms with Gasteiger partial charge in [-0.3, -0.25) is 0 Å². The molecule has 0 saturated heterocycles. The maximum atomic E-state index is 11.6. The first-order chi connectivity index (χ1) is 15.7. The standard InChI is InChI=1S/C29H30O4/c1-16(2)21-7-9-22(10-8-21)25-14-23(29(30)31)11-12-27(25)32-15-26-18(4)19(5)28-24(20(26)6)13-17(3)33-28/h7-14,16H,15H2,1-6H3,(H,30,31). The van der Waals surface area contributed by atoms with Crippen molar-refractivity contribution in [3.8, 4) is 16.9 Å². The van der Waals surface area contributed by atoms with Gasteiger partial charge in [-0.25, -0.2) is 4.79 Å². The average Bonchev–Trinajstić information content (AvgIpc) is 3.19. The number of hydrogen-bond acceptors (Lipinski definition) is 3. The minimum Gasteiger partial charge on any atom is -0.488 e. The Labute approximate surface area is 194 Å². The van der Waals surface area contributed by atoms with Crippen molar-refractivity contribution >= 4 is 16.9 Å². The van der Waals surface area contributed by atoms with E-state index in [9.17, 15) is 9.90 Å². The average molecular weight is 443 g/mol. The molecule has 0 fully saturated rings. The Morgan fingerprint density at radius 3 is 2.27 bits per heavy atom. The van der Waals surface area contributed by atoms with E-state index >= 15 is 0 Å². The highest BCUT2D eigenvalue weighted by molar-refractivity contribution is 5.90. The van der Waals surface area contributed by atoms with Gasteiger partial charge < -0.3 is 14.3 Å². The molecule has 0 aliphatic heterocycles. The van der Waals surface area contributed by atoms with E-state index < -0.39 is 5.97 Å². The lowest BCUT2D eigenvalue weighted by molar-refractivity contribution is 0.0697. The zero-order valence-electron chi connectivity index (χ0n) is 20.1. The van der Waals surface area contributed by atoms with Crippen molar-refractivity contribution in [2.75, 3.05) is 0 Å². The first-order valence-electron chi connectivity index (χ1n) is 11.3. The van der Waals surface area contributed by atoms with Crippen LogP contribution in [0.2, 0.25) is 0 Å². The molecule has 0 spiro atoms. The van der Waals surface area contributed by atoms with Gasteiger partial charge in [-0.1, -0.05) is 38.1 Å². The van der Waals surface area contributed by atoms with Crippen LogP contribution in [-0.2, 0) is 6.61 Å². The summed E-state index contributed by atoms with van der Waals surface area (Å²) in [5.74, 6) is 1.03. The lowest BCUT2D eigenvalue weighted by atomic mass is 9.95. The number of carboxylic acid groups (broad SMARTS) is 1. The third-order valence-electron chi connectivity index (χ3n) is 6.55. The molecule has 4 heteroatoms. The second kappa shape index (κ2) is 8.78. The molecule has 0 atom stereocenters. The largest absolute Gasteiger partial charge is 0.488 e. The number of carboxylic acids is 1. The molecule has 33 heavy (non-hydrogen) atoms. The van der Waals surface area contributed by atoms with Crippen LogP contribution in [0.3, 0.4) is 0 Å². The molecule has 0 bridgehead atoms. The van der Waals surface area contributed by atoms with Crippen LogP contribution in [0.5, 0.6) is 5.75 Å². The number of furan rings is 1. The number of carbonyl (C=O) groups is 1. The fourth-order valence-electron chi connectivity index (χ4n) is 4.34. The normalized spacial score (nSPS) is 11.4. The lowest BCUT2D eigenvalue weighted by Crippen LogP contribution is -2.05. The van der Waals surface area contributed by atoms with E-state index in [0.717, 1.165) is 50.1 Å². The van der Waals surface area contributed by atoms with Gasteiger partial charge in [0.25, 0.3) is 0 Å². The molecule has 0 aliphatic carbocycles. The van der Waals surface area contributed by atoms with E-state index in [0.29, 0.717) is 18.3 Å². The van der Waals surface area contributed by atoms with E-state index in [4.69, 9.17) is 9.15 Å². The zero-order valence-corrected chi connectivity index (χ0v) is 20.1. The van der Waals surface area contributed by atoms with Crippen LogP contribution in [-0.4, -0.2) is 11.1 Å². The fourth-order valence-corrected chi connectivity index (χ4v) is 4.34. The van der Waals surface area contributed by atoms with Crippen LogP contribution in [0.4, 0.5) is 0 Å². The molecule has 1 aromatic heterocycles. The number of rotatable bonds is 6. The number of aryl methyl sites for hydroxylation is 3. The summed E-state index contributed by atoms with van der Waals surface area (Å²) in [5.41, 5.74) is 8.67. The smallest absolute Gasteiger partial charge is 0.335 e. The van der Waals surface area contributed by atoms with Crippen LogP contribution >= 0.6 is 0 Å². The van der Waals surface area contributed by atoms with Crippen molar-refractivity contribution in [1.82, 2.24) is 0 Å². The minimum atomic E-state index is -0.954. The van der Waals surface area contributed by atoms with Crippen LogP contribution in [0.25, 0.3) is 22.1 Å². The van der Waals surface area contributed by atoms with Gasteiger partial charge in [-0.05, 0) is 91.3 Å². The maximum Gasteiger partial charge on any atom is 0.335 e. The van der Waals surface area contributed by atoms with Crippen molar-refractivity contribution < 1.29 is 19.1 Å². The molecule has 4 nitrogen and oxygen atoms in total. The fraction of sp³-hybridized carbons (Fsp3) is 0.276. The first-order valence-corrected chi connectivity index (χ1v) is 11.3. The zero-order chi connectivity index (χ0) is 23.9. The first kappa shape index (κ1) is 22.7. The summed E-state index contributed by atoms with van der Waals surface area (Å²) in [7, 11) is 0. The van der Waals surface area contributed by atoms with Crippen LogP contribution in [0, 0.1) is 27.7 Å². The summed E-state index contributed by atoms with van der Waals surface area (Å²) in [5, 5.41) is 10.6. The number of aromatic carboxylic acids is 1. The molecule has 0 saturated carbocycles. The monoisotopic (exact) mass is 442 g/mol. The summed E-state index contributed by atoms with van der Waals surface area (Å²) in [4.78, 5) is 11.6. The highest BCUT2D eigenvalue weighted by atomic mass is 16.5. The second-order valence-electron chi connectivity index (χ2n) is 9.03. The lowest BCUT2D eigenvalue weighted by Gasteiger charge is -2.17. The second-order valence-corrected chi connectivity index (χ2v) is 9.03. The summed E-state index contributed by atoms with van der Waals surface area (Å²) in [6.07, 6.45) is 0. The summed E-state index contributed by atoms with van der Waals surface area (Å²) >= 11 is 0. The number of hydrogen-bond donors (Lipinski definition) is 1. The Balaban J connectivity index is 1.74. The summed E-state index contributed by atoms with van der Waals surface area (Å²) in [6, 6.07) is 15.4. The topological polar surface area (TPSA) is 59.7 Å². The molecule has 0 amide bonds. The Morgan fingerprint density at radius 1 is 0.939 bits per heavy atom. The van der Waals surface area contributed by atoms with Crippen LogP contribution < -0.4 is 4.74 Å².